The Balaban J connectivity index is 1.85. The standard InChI is InChI=1S/C17H22N2O3/c1-19-15(20)10-9-14(17(21)18-12-5-6-12)16(19)11-3-7-13(22-2)8-4-11/h3-4,7-8,12,14,16H,5-6,9-10H2,1-2H3,(H,18,21)/t14-,16-/m0/s1. The van der Waals surface area contributed by atoms with Crippen molar-refractivity contribution in [2.24, 2.45) is 5.92 Å². The molecular formula is C17H22N2O3. The van der Waals surface area contributed by atoms with E-state index in [1.165, 1.54) is 0 Å². The maximum Gasteiger partial charge on any atom is 0.225 e. The van der Waals surface area contributed by atoms with Crippen LogP contribution < -0.4 is 10.1 Å². The molecular weight excluding hydrogens is 280 g/mol. The Kier molecular flexibility index (Phi) is 4.05. The summed E-state index contributed by atoms with van der Waals surface area (Å²) in [5.74, 6) is 0.753. The number of carbonyl (C=O) groups is 2. The number of hydrogen-bond donors (Lipinski definition) is 1. The molecule has 1 aromatic carbocycles. The van der Waals surface area contributed by atoms with Crippen LogP contribution in [0.2, 0.25) is 0 Å². The number of likely N-dealkylation sites (tertiary alicyclic amines) is 1. The normalized spacial score (nSPS) is 25.0. The maximum absolute atomic E-state index is 12.5. The average molecular weight is 302 g/mol. The molecule has 1 N–H and O–H groups in total. The first-order chi connectivity index (χ1) is 10.6. The second-order valence-corrected chi connectivity index (χ2v) is 6.15. The fraction of sp³-hybridized carbons (Fsp3) is 0.529. The Morgan fingerprint density at radius 1 is 1.23 bits per heavy atom. The number of ether oxygens (including phenoxy) is 1. The van der Waals surface area contributed by atoms with E-state index in [4.69, 9.17) is 4.74 Å². The molecule has 0 aromatic heterocycles. The van der Waals surface area contributed by atoms with Crippen molar-refractivity contribution in [2.75, 3.05) is 14.2 Å². The second kappa shape index (κ2) is 5.99. The zero-order chi connectivity index (χ0) is 15.7. The predicted octanol–water partition coefficient (Wildman–Crippen LogP) is 1.88. The minimum absolute atomic E-state index is 0.0719. The monoisotopic (exact) mass is 302 g/mol. The molecule has 2 atom stereocenters. The maximum atomic E-state index is 12.5. The Morgan fingerprint density at radius 2 is 1.91 bits per heavy atom. The Hall–Kier alpha value is -2.04. The number of rotatable bonds is 4. The third kappa shape index (κ3) is 2.93. The van der Waals surface area contributed by atoms with Gasteiger partial charge in [0.15, 0.2) is 0 Å². The number of methoxy groups -OCH3 is 1. The number of hydrogen-bond acceptors (Lipinski definition) is 3. The van der Waals surface area contributed by atoms with E-state index < -0.39 is 0 Å². The largest absolute Gasteiger partial charge is 0.497 e. The highest BCUT2D eigenvalue weighted by Gasteiger charge is 2.40. The summed E-state index contributed by atoms with van der Waals surface area (Å²) in [4.78, 5) is 26.3. The van der Waals surface area contributed by atoms with Crippen LogP contribution in [0.1, 0.15) is 37.3 Å². The van der Waals surface area contributed by atoms with Gasteiger partial charge in [0, 0.05) is 19.5 Å². The van der Waals surface area contributed by atoms with Gasteiger partial charge in [0.05, 0.1) is 19.1 Å². The van der Waals surface area contributed by atoms with E-state index in [0.717, 1.165) is 24.2 Å². The molecule has 22 heavy (non-hydrogen) atoms. The number of nitrogens with zero attached hydrogens (tertiary/aromatic N) is 1. The predicted molar refractivity (Wildman–Crippen MR) is 82.4 cm³/mol. The molecule has 0 bridgehead atoms. The minimum atomic E-state index is -0.203. The number of amides is 2. The minimum Gasteiger partial charge on any atom is -0.497 e. The smallest absolute Gasteiger partial charge is 0.225 e. The van der Waals surface area contributed by atoms with Gasteiger partial charge in [-0.1, -0.05) is 12.1 Å². The number of nitrogens with one attached hydrogen (secondary N) is 1. The molecule has 1 aromatic rings. The van der Waals surface area contributed by atoms with Crippen LogP contribution in [0.4, 0.5) is 0 Å². The van der Waals surface area contributed by atoms with Gasteiger partial charge in [-0.3, -0.25) is 9.59 Å². The lowest BCUT2D eigenvalue weighted by atomic mass is 9.84. The molecule has 0 unspecified atom stereocenters. The third-order valence-electron chi connectivity index (χ3n) is 4.58. The molecule has 0 spiro atoms. The molecule has 0 radical (unpaired) electrons. The van der Waals surface area contributed by atoms with Crippen LogP contribution in [0.25, 0.3) is 0 Å². The van der Waals surface area contributed by atoms with Crippen molar-refractivity contribution in [3.05, 3.63) is 29.8 Å². The van der Waals surface area contributed by atoms with E-state index in [2.05, 4.69) is 5.32 Å². The van der Waals surface area contributed by atoms with E-state index in [1.54, 1.807) is 19.1 Å². The molecule has 1 aliphatic heterocycles. The Labute approximate surface area is 130 Å². The second-order valence-electron chi connectivity index (χ2n) is 6.15. The molecule has 1 saturated heterocycles. The number of benzene rings is 1. The highest BCUT2D eigenvalue weighted by Crippen LogP contribution is 2.37. The van der Waals surface area contributed by atoms with Crippen molar-refractivity contribution >= 4 is 11.8 Å². The molecule has 2 amide bonds. The lowest BCUT2D eigenvalue weighted by Crippen LogP contribution is -2.46. The first-order valence-corrected chi connectivity index (χ1v) is 7.80. The molecule has 5 nitrogen and oxygen atoms in total. The lowest BCUT2D eigenvalue weighted by Gasteiger charge is -2.38. The molecule has 1 heterocycles. The fourth-order valence-corrected chi connectivity index (χ4v) is 3.11. The van der Waals surface area contributed by atoms with E-state index in [9.17, 15) is 9.59 Å². The first kappa shape index (κ1) is 14.9. The van der Waals surface area contributed by atoms with E-state index in [0.29, 0.717) is 18.9 Å². The molecule has 1 saturated carbocycles. The summed E-state index contributed by atoms with van der Waals surface area (Å²) >= 11 is 0. The van der Waals surface area contributed by atoms with E-state index in [-0.39, 0.29) is 23.8 Å². The van der Waals surface area contributed by atoms with Crippen LogP contribution in [0, 0.1) is 5.92 Å². The van der Waals surface area contributed by atoms with E-state index in [1.807, 2.05) is 24.3 Å². The summed E-state index contributed by atoms with van der Waals surface area (Å²) in [6.07, 6.45) is 3.19. The van der Waals surface area contributed by atoms with Crippen molar-refractivity contribution < 1.29 is 14.3 Å². The molecule has 5 heteroatoms. The Bertz CT molecular complexity index is 566. The zero-order valence-corrected chi connectivity index (χ0v) is 13.0. The topological polar surface area (TPSA) is 58.6 Å². The van der Waals surface area contributed by atoms with Gasteiger partial charge in [-0.2, -0.15) is 0 Å². The average Bonchev–Trinajstić information content (AvgIpc) is 3.34. The van der Waals surface area contributed by atoms with Gasteiger partial charge in [0.2, 0.25) is 11.8 Å². The quantitative estimate of drug-likeness (QED) is 0.924. The SMILES string of the molecule is COc1ccc([C@H]2[C@@H](C(=O)NC3CC3)CCC(=O)N2C)cc1. The van der Waals surface area contributed by atoms with Crippen LogP contribution in [0.5, 0.6) is 5.75 Å². The van der Waals surface area contributed by atoms with Crippen molar-refractivity contribution in [1.29, 1.82) is 0 Å². The summed E-state index contributed by atoms with van der Waals surface area (Å²) in [6.45, 7) is 0. The van der Waals surface area contributed by atoms with Gasteiger partial charge < -0.3 is 15.0 Å². The van der Waals surface area contributed by atoms with Gasteiger partial charge in [0.1, 0.15) is 5.75 Å². The third-order valence-corrected chi connectivity index (χ3v) is 4.58. The zero-order valence-electron chi connectivity index (χ0n) is 13.0. The van der Waals surface area contributed by atoms with Crippen molar-refractivity contribution in [3.63, 3.8) is 0 Å². The van der Waals surface area contributed by atoms with Gasteiger partial charge in [-0.25, -0.2) is 0 Å². The van der Waals surface area contributed by atoms with Crippen LogP contribution in [-0.4, -0.2) is 36.9 Å². The van der Waals surface area contributed by atoms with Crippen molar-refractivity contribution in [1.82, 2.24) is 10.2 Å². The number of piperidine rings is 1. The number of carbonyl (C=O) groups excluding carboxylic acids is 2. The summed E-state index contributed by atoms with van der Waals surface area (Å²) in [7, 11) is 3.41. The molecule has 118 valence electrons. The van der Waals surface area contributed by atoms with E-state index >= 15 is 0 Å². The van der Waals surface area contributed by atoms with Crippen LogP contribution >= 0.6 is 0 Å². The summed E-state index contributed by atoms with van der Waals surface area (Å²) in [5, 5.41) is 3.08. The van der Waals surface area contributed by atoms with Gasteiger partial charge in [-0.05, 0) is 37.0 Å². The molecule has 3 rings (SSSR count). The molecule has 2 fully saturated rings. The van der Waals surface area contributed by atoms with Gasteiger partial charge >= 0.3 is 0 Å². The van der Waals surface area contributed by atoms with Crippen LogP contribution in [0.15, 0.2) is 24.3 Å². The highest BCUT2D eigenvalue weighted by atomic mass is 16.5. The fourth-order valence-electron chi connectivity index (χ4n) is 3.11. The van der Waals surface area contributed by atoms with Crippen LogP contribution in [-0.2, 0) is 9.59 Å². The highest BCUT2D eigenvalue weighted by molar-refractivity contribution is 5.85. The van der Waals surface area contributed by atoms with Crippen LogP contribution in [0.3, 0.4) is 0 Å². The summed E-state index contributed by atoms with van der Waals surface area (Å²) in [6, 6.07) is 7.76. The first-order valence-electron chi connectivity index (χ1n) is 7.80. The Morgan fingerprint density at radius 3 is 2.50 bits per heavy atom. The summed E-state index contributed by atoms with van der Waals surface area (Å²) < 4.78 is 5.18. The van der Waals surface area contributed by atoms with Crippen molar-refractivity contribution in [3.8, 4) is 5.75 Å². The molecule has 1 aliphatic carbocycles. The van der Waals surface area contributed by atoms with Crippen molar-refractivity contribution in [2.45, 2.75) is 37.8 Å². The summed E-state index contributed by atoms with van der Waals surface area (Å²) in [5.41, 5.74) is 0.979. The van der Waals surface area contributed by atoms with Gasteiger partial charge in [-0.15, -0.1) is 0 Å². The molecule has 2 aliphatic rings. The lowest BCUT2D eigenvalue weighted by molar-refractivity contribution is -0.141. The van der Waals surface area contributed by atoms with Gasteiger partial charge in [0.25, 0.3) is 0 Å².